The van der Waals surface area contributed by atoms with Gasteiger partial charge in [0.1, 0.15) is 12.3 Å². The highest BCUT2D eigenvalue weighted by atomic mass is 32.2. The van der Waals surface area contributed by atoms with E-state index in [4.69, 9.17) is 4.42 Å². The summed E-state index contributed by atoms with van der Waals surface area (Å²) in [5, 5.41) is 0. The molecule has 1 N–H and O–H groups in total. The standard InChI is InChI=1S/C23H28F3N3O3S/c1-21(2,3)19-11-27-20(32-19)15-5-4-14-9-17-6-7-18(10-16(14)8-15)22(17)12-29(13-23(24,25)26)33(30,31)28-22/h4-5,8,11,17-18,28H,6-7,9-10,12-13H2,1-3H3/t17-,18+,22+/m0/s1. The van der Waals surface area contributed by atoms with Crippen LogP contribution < -0.4 is 4.72 Å². The molecule has 1 saturated heterocycles. The first-order valence-electron chi connectivity index (χ1n) is 11.2. The van der Waals surface area contributed by atoms with Crippen LogP contribution >= 0.6 is 0 Å². The molecular formula is C23H28F3N3O3S. The lowest BCUT2D eigenvalue weighted by molar-refractivity contribution is -0.136. The molecule has 2 aromatic rings. The van der Waals surface area contributed by atoms with Crippen molar-refractivity contribution in [1.29, 1.82) is 0 Å². The molecule has 3 aliphatic rings. The third-order valence-corrected chi connectivity index (χ3v) is 8.98. The van der Waals surface area contributed by atoms with Gasteiger partial charge in [0.05, 0.1) is 11.7 Å². The minimum absolute atomic E-state index is 0.0446. The SMILES string of the molecule is CC(C)(C)c1cnc(-c2ccc3c(c2)C[C@H]2CC[C@@H](C3)[C@]23CN(CC(F)(F)F)S(=O)(=O)N3)o1. The molecule has 1 aromatic heterocycles. The average Bonchev–Trinajstić information content (AvgIpc) is 3.30. The number of nitrogens with zero attached hydrogens (tertiary/aromatic N) is 2. The second-order valence-electron chi connectivity index (χ2n) is 10.7. The highest BCUT2D eigenvalue weighted by molar-refractivity contribution is 7.87. The van der Waals surface area contributed by atoms with Crippen LogP contribution in [0.5, 0.6) is 0 Å². The topological polar surface area (TPSA) is 75.4 Å². The highest BCUT2D eigenvalue weighted by Crippen LogP contribution is 2.50. The van der Waals surface area contributed by atoms with Gasteiger partial charge in [0.2, 0.25) is 5.89 Å². The molecule has 0 unspecified atom stereocenters. The van der Waals surface area contributed by atoms with Gasteiger partial charge in [-0.1, -0.05) is 26.8 Å². The van der Waals surface area contributed by atoms with Crippen LogP contribution in [0.4, 0.5) is 13.2 Å². The lowest BCUT2D eigenvalue weighted by Crippen LogP contribution is -2.52. The predicted molar refractivity (Wildman–Crippen MR) is 117 cm³/mol. The van der Waals surface area contributed by atoms with Gasteiger partial charge in [-0.05, 0) is 60.8 Å². The monoisotopic (exact) mass is 483 g/mol. The zero-order valence-electron chi connectivity index (χ0n) is 18.9. The van der Waals surface area contributed by atoms with Crippen LogP contribution in [0.3, 0.4) is 0 Å². The van der Waals surface area contributed by atoms with Crippen molar-refractivity contribution >= 4 is 10.2 Å². The predicted octanol–water partition coefficient (Wildman–Crippen LogP) is 4.22. The molecule has 1 aromatic carbocycles. The summed E-state index contributed by atoms with van der Waals surface area (Å²) in [5.74, 6) is 1.21. The largest absolute Gasteiger partial charge is 0.441 e. The summed E-state index contributed by atoms with van der Waals surface area (Å²) in [5.41, 5.74) is 2.02. The van der Waals surface area contributed by atoms with Crippen LogP contribution in [-0.2, 0) is 28.5 Å². The second kappa shape index (κ2) is 7.29. The van der Waals surface area contributed by atoms with Gasteiger partial charge < -0.3 is 4.42 Å². The molecule has 0 amide bonds. The summed E-state index contributed by atoms with van der Waals surface area (Å²) in [6.07, 6.45) is -0.0284. The maximum Gasteiger partial charge on any atom is 0.402 e. The van der Waals surface area contributed by atoms with E-state index in [1.807, 2.05) is 18.2 Å². The van der Waals surface area contributed by atoms with E-state index in [0.29, 0.717) is 23.0 Å². The molecule has 1 spiro atoms. The molecule has 2 bridgehead atoms. The number of fused-ring (bicyclic) bond motifs is 1. The van der Waals surface area contributed by atoms with Crippen molar-refractivity contribution in [3.8, 4) is 11.5 Å². The van der Waals surface area contributed by atoms with Gasteiger partial charge in [0.25, 0.3) is 10.2 Å². The highest BCUT2D eigenvalue weighted by Gasteiger charge is 2.60. The quantitative estimate of drug-likeness (QED) is 0.694. The number of rotatable bonds is 2. The van der Waals surface area contributed by atoms with Gasteiger partial charge in [-0.15, -0.1) is 0 Å². The molecule has 6 nitrogen and oxygen atoms in total. The van der Waals surface area contributed by atoms with Crippen molar-refractivity contribution < 1.29 is 26.0 Å². The first-order chi connectivity index (χ1) is 15.3. The molecule has 3 atom stereocenters. The van der Waals surface area contributed by atoms with Gasteiger partial charge in [-0.25, -0.2) is 4.98 Å². The number of hydrogen-bond acceptors (Lipinski definition) is 4. The number of benzene rings is 1. The molecule has 2 aliphatic carbocycles. The maximum atomic E-state index is 13.0. The van der Waals surface area contributed by atoms with Crippen LogP contribution in [0.2, 0.25) is 0 Å². The smallest absolute Gasteiger partial charge is 0.402 e. The van der Waals surface area contributed by atoms with Crippen molar-refractivity contribution in [2.24, 2.45) is 11.8 Å². The van der Waals surface area contributed by atoms with Gasteiger partial charge in [0, 0.05) is 17.5 Å². The van der Waals surface area contributed by atoms with E-state index in [1.54, 1.807) is 6.20 Å². The van der Waals surface area contributed by atoms with E-state index in [9.17, 15) is 21.6 Å². The fraction of sp³-hybridized carbons (Fsp3) is 0.609. The summed E-state index contributed by atoms with van der Waals surface area (Å²) in [4.78, 5) is 4.44. The third kappa shape index (κ3) is 4.00. The molecule has 2 fully saturated rings. The first kappa shape index (κ1) is 22.9. The fourth-order valence-corrected chi connectivity index (χ4v) is 7.44. The van der Waals surface area contributed by atoms with Crippen LogP contribution in [0.25, 0.3) is 11.5 Å². The van der Waals surface area contributed by atoms with Crippen LogP contribution in [0, 0.1) is 11.8 Å². The second-order valence-corrected chi connectivity index (χ2v) is 12.3. The zero-order chi connectivity index (χ0) is 23.8. The number of nitrogens with one attached hydrogen (secondary N) is 1. The van der Waals surface area contributed by atoms with E-state index >= 15 is 0 Å². The Labute approximate surface area is 191 Å². The number of oxazole rings is 1. The summed E-state index contributed by atoms with van der Waals surface area (Å²) < 4.78 is 73.6. The van der Waals surface area contributed by atoms with E-state index in [2.05, 4.69) is 30.5 Å². The fourth-order valence-electron chi connectivity index (χ4n) is 5.73. The molecule has 33 heavy (non-hydrogen) atoms. The van der Waals surface area contributed by atoms with Crippen LogP contribution in [0.1, 0.15) is 50.5 Å². The molecule has 10 heteroatoms. The number of hydrogen-bond donors (Lipinski definition) is 1. The maximum absolute atomic E-state index is 13.0. The zero-order valence-corrected chi connectivity index (χ0v) is 19.7. The van der Waals surface area contributed by atoms with Crippen molar-refractivity contribution in [2.75, 3.05) is 13.1 Å². The lowest BCUT2D eigenvalue weighted by atomic mass is 9.79. The Bertz CT molecular complexity index is 1190. The molecule has 5 rings (SSSR count). The van der Waals surface area contributed by atoms with Gasteiger partial charge in [-0.3, -0.25) is 0 Å². The Balaban J connectivity index is 1.46. The van der Waals surface area contributed by atoms with Gasteiger partial charge >= 0.3 is 6.18 Å². The minimum Gasteiger partial charge on any atom is -0.441 e. The summed E-state index contributed by atoms with van der Waals surface area (Å²) >= 11 is 0. The van der Waals surface area contributed by atoms with Crippen molar-refractivity contribution in [1.82, 2.24) is 14.0 Å². The Morgan fingerprint density at radius 1 is 1.15 bits per heavy atom. The molecule has 180 valence electrons. The van der Waals surface area contributed by atoms with Gasteiger partial charge in [-0.2, -0.15) is 30.6 Å². The number of alkyl halides is 3. The molecule has 1 saturated carbocycles. The summed E-state index contributed by atoms with van der Waals surface area (Å²) in [6, 6.07) is 6.02. The lowest BCUT2D eigenvalue weighted by Gasteiger charge is -2.33. The Morgan fingerprint density at radius 2 is 1.82 bits per heavy atom. The summed E-state index contributed by atoms with van der Waals surface area (Å²) in [7, 11) is -4.18. The molecular weight excluding hydrogens is 455 g/mol. The molecule has 2 heterocycles. The van der Waals surface area contributed by atoms with E-state index in [-0.39, 0.29) is 23.8 Å². The minimum atomic E-state index is -4.58. The van der Waals surface area contributed by atoms with Gasteiger partial charge in [0.15, 0.2) is 0 Å². The van der Waals surface area contributed by atoms with E-state index in [0.717, 1.165) is 35.3 Å². The Hall–Kier alpha value is -1.91. The van der Waals surface area contributed by atoms with Crippen molar-refractivity contribution in [2.45, 2.75) is 63.6 Å². The molecule has 1 aliphatic heterocycles. The third-order valence-electron chi connectivity index (χ3n) is 7.40. The molecule has 0 radical (unpaired) electrons. The van der Waals surface area contributed by atoms with E-state index in [1.165, 1.54) is 0 Å². The van der Waals surface area contributed by atoms with Crippen molar-refractivity contribution in [3.05, 3.63) is 41.3 Å². The van der Waals surface area contributed by atoms with E-state index < -0.39 is 28.5 Å². The van der Waals surface area contributed by atoms with Crippen LogP contribution in [0.15, 0.2) is 28.8 Å². The number of aromatic nitrogens is 1. The number of halogens is 3. The van der Waals surface area contributed by atoms with Crippen molar-refractivity contribution in [3.63, 3.8) is 0 Å². The summed E-state index contributed by atoms with van der Waals surface area (Å²) in [6.45, 7) is 4.56. The Morgan fingerprint density at radius 3 is 2.42 bits per heavy atom. The first-order valence-corrected chi connectivity index (χ1v) is 12.7. The normalized spacial score (nSPS) is 29.4. The van der Waals surface area contributed by atoms with Crippen LogP contribution in [-0.4, -0.2) is 42.5 Å². The average molecular weight is 484 g/mol. The Kier molecular flexibility index (Phi) is 5.05.